The van der Waals surface area contributed by atoms with E-state index in [0.717, 1.165) is 29.7 Å². The smallest absolute Gasteiger partial charge is 0.227 e. The van der Waals surface area contributed by atoms with Crippen LogP contribution in [0.25, 0.3) is 0 Å². The molecule has 0 bridgehead atoms. The number of nitrogens with zero attached hydrogens (tertiary/aromatic N) is 1. The Kier molecular flexibility index (Phi) is 7.03. The Balaban J connectivity index is 1.89. The maximum Gasteiger partial charge on any atom is 0.227 e. The summed E-state index contributed by atoms with van der Waals surface area (Å²) in [4.78, 5) is 26.7. The van der Waals surface area contributed by atoms with Crippen molar-refractivity contribution in [1.29, 1.82) is 0 Å². The monoisotopic (exact) mass is 344 g/mol. The van der Waals surface area contributed by atoms with E-state index in [1.807, 2.05) is 26.0 Å². The van der Waals surface area contributed by atoms with Crippen LogP contribution in [-0.2, 0) is 9.59 Å². The second kappa shape index (κ2) is 9.02. The number of rotatable bonds is 8. The van der Waals surface area contributed by atoms with Crippen molar-refractivity contribution >= 4 is 17.5 Å². The summed E-state index contributed by atoms with van der Waals surface area (Å²) in [5, 5.41) is 3.10. The zero-order valence-electron chi connectivity index (χ0n) is 16.1. The molecule has 2 unspecified atom stereocenters. The summed E-state index contributed by atoms with van der Waals surface area (Å²) in [5.41, 5.74) is 3.18. The minimum Gasteiger partial charge on any atom is -0.353 e. The van der Waals surface area contributed by atoms with Gasteiger partial charge in [-0.3, -0.25) is 9.59 Å². The maximum absolute atomic E-state index is 12.5. The van der Waals surface area contributed by atoms with Crippen molar-refractivity contribution in [2.75, 3.05) is 11.4 Å². The van der Waals surface area contributed by atoms with E-state index in [-0.39, 0.29) is 23.8 Å². The van der Waals surface area contributed by atoms with Gasteiger partial charge in [-0.25, -0.2) is 0 Å². The fraction of sp³-hybridized carbons (Fsp3) is 0.619. The maximum atomic E-state index is 12.5. The van der Waals surface area contributed by atoms with Gasteiger partial charge in [-0.2, -0.15) is 0 Å². The summed E-state index contributed by atoms with van der Waals surface area (Å²) in [6.45, 7) is 8.80. The van der Waals surface area contributed by atoms with Crippen LogP contribution in [0, 0.1) is 19.8 Å². The van der Waals surface area contributed by atoms with Crippen molar-refractivity contribution < 1.29 is 9.59 Å². The number of benzene rings is 1. The van der Waals surface area contributed by atoms with Gasteiger partial charge in [0, 0.05) is 24.7 Å². The molecule has 2 rings (SSSR count). The van der Waals surface area contributed by atoms with E-state index in [2.05, 4.69) is 25.2 Å². The number of hydrogen-bond donors (Lipinski definition) is 1. The van der Waals surface area contributed by atoms with Gasteiger partial charge in [0.1, 0.15) is 0 Å². The molecule has 0 aliphatic carbocycles. The third-order valence-electron chi connectivity index (χ3n) is 4.89. The van der Waals surface area contributed by atoms with Gasteiger partial charge in [-0.05, 0) is 50.5 Å². The first-order chi connectivity index (χ1) is 11.9. The molecule has 4 heteroatoms. The lowest BCUT2D eigenvalue weighted by Crippen LogP contribution is -2.38. The second-order valence-corrected chi connectivity index (χ2v) is 7.51. The van der Waals surface area contributed by atoms with Crippen molar-refractivity contribution in [3.8, 4) is 0 Å². The zero-order chi connectivity index (χ0) is 18.4. The number of aryl methyl sites for hydroxylation is 2. The minimum absolute atomic E-state index is 0.0169. The van der Waals surface area contributed by atoms with Crippen LogP contribution in [0.3, 0.4) is 0 Å². The van der Waals surface area contributed by atoms with Crippen molar-refractivity contribution in [3.63, 3.8) is 0 Å². The summed E-state index contributed by atoms with van der Waals surface area (Å²) >= 11 is 0. The predicted octanol–water partition coefficient (Wildman–Crippen LogP) is 4.13. The zero-order valence-corrected chi connectivity index (χ0v) is 16.1. The second-order valence-electron chi connectivity index (χ2n) is 7.51. The molecule has 25 heavy (non-hydrogen) atoms. The van der Waals surface area contributed by atoms with Crippen LogP contribution in [0.1, 0.15) is 63.5 Å². The van der Waals surface area contributed by atoms with Crippen molar-refractivity contribution in [1.82, 2.24) is 5.32 Å². The fourth-order valence-electron chi connectivity index (χ4n) is 3.55. The molecule has 1 N–H and O–H groups in total. The molecule has 0 saturated carbocycles. The topological polar surface area (TPSA) is 49.4 Å². The van der Waals surface area contributed by atoms with Crippen LogP contribution in [0.15, 0.2) is 18.2 Å². The lowest BCUT2D eigenvalue weighted by Gasteiger charge is -2.19. The number of carbonyl (C=O) groups is 2. The molecule has 0 spiro atoms. The highest BCUT2D eigenvalue weighted by molar-refractivity contribution is 6.00. The molecule has 0 radical (unpaired) electrons. The van der Waals surface area contributed by atoms with Crippen molar-refractivity contribution in [3.05, 3.63) is 29.3 Å². The third kappa shape index (κ3) is 5.58. The molecule has 1 aliphatic rings. The largest absolute Gasteiger partial charge is 0.353 e. The van der Waals surface area contributed by atoms with E-state index in [1.165, 1.54) is 19.3 Å². The Bertz CT molecular complexity index is 592. The van der Waals surface area contributed by atoms with E-state index in [1.54, 1.807) is 4.90 Å². The minimum atomic E-state index is -0.244. The summed E-state index contributed by atoms with van der Waals surface area (Å²) < 4.78 is 0. The Labute approximate surface area is 152 Å². The van der Waals surface area contributed by atoms with E-state index in [4.69, 9.17) is 0 Å². The highest BCUT2D eigenvalue weighted by Crippen LogP contribution is 2.27. The average Bonchev–Trinajstić information content (AvgIpc) is 2.93. The van der Waals surface area contributed by atoms with E-state index in [9.17, 15) is 9.59 Å². The molecule has 1 saturated heterocycles. The molecule has 2 amide bonds. The fourth-order valence-corrected chi connectivity index (χ4v) is 3.55. The van der Waals surface area contributed by atoms with Crippen LogP contribution in [0.5, 0.6) is 0 Å². The normalized spacial score (nSPS) is 18.5. The molecule has 0 aromatic heterocycles. The van der Waals surface area contributed by atoms with Crippen LogP contribution in [0.4, 0.5) is 5.69 Å². The number of nitrogens with one attached hydrogen (secondary N) is 1. The lowest BCUT2D eigenvalue weighted by molar-refractivity contribution is -0.126. The Morgan fingerprint density at radius 1 is 1.20 bits per heavy atom. The molecule has 1 aliphatic heterocycles. The van der Waals surface area contributed by atoms with Crippen LogP contribution >= 0.6 is 0 Å². The quantitative estimate of drug-likeness (QED) is 0.721. The van der Waals surface area contributed by atoms with Gasteiger partial charge in [0.05, 0.1) is 5.92 Å². The van der Waals surface area contributed by atoms with Gasteiger partial charge in [0.2, 0.25) is 11.8 Å². The molecule has 1 fully saturated rings. The molecule has 2 atom stereocenters. The van der Waals surface area contributed by atoms with E-state index < -0.39 is 0 Å². The van der Waals surface area contributed by atoms with Gasteiger partial charge >= 0.3 is 0 Å². The Hall–Kier alpha value is -1.84. The van der Waals surface area contributed by atoms with Crippen molar-refractivity contribution in [2.24, 2.45) is 5.92 Å². The van der Waals surface area contributed by atoms with Gasteiger partial charge in [0.25, 0.3) is 0 Å². The van der Waals surface area contributed by atoms with E-state index >= 15 is 0 Å². The Morgan fingerprint density at radius 2 is 1.88 bits per heavy atom. The number of anilines is 1. The molecular weight excluding hydrogens is 312 g/mol. The molecule has 138 valence electrons. The molecular formula is C21H32N2O2. The highest BCUT2D eigenvalue weighted by atomic mass is 16.2. The van der Waals surface area contributed by atoms with Gasteiger partial charge < -0.3 is 10.2 Å². The van der Waals surface area contributed by atoms with Gasteiger partial charge in [0.15, 0.2) is 0 Å². The van der Waals surface area contributed by atoms with Crippen LogP contribution in [0.2, 0.25) is 0 Å². The molecule has 1 aromatic carbocycles. The molecule has 1 aromatic rings. The lowest BCUT2D eigenvalue weighted by atomic mass is 10.1. The first-order valence-electron chi connectivity index (χ1n) is 9.59. The summed E-state index contributed by atoms with van der Waals surface area (Å²) in [7, 11) is 0. The van der Waals surface area contributed by atoms with Crippen LogP contribution < -0.4 is 10.2 Å². The average molecular weight is 344 g/mol. The first kappa shape index (κ1) is 19.5. The summed E-state index contributed by atoms with van der Waals surface area (Å²) in [5.74, 6) is -0.185. The third-order valence-corrected chi connectivity index (χ3v) is 4.89. The van der Waals surface area contributed by atoms with E-state index in [0.29, 0.717) is 13.0 Å². The van der Waals surface area contributed by atoms with Gasteiger partial charge in [-0.15, -0.1) is 0 Å². The molecule has 4 nitrogen and oxygen atoms in total. The number of unbranched alkanes of at least 4 members (excludes halogenated alkanes) is 3. The number of amides is 2. The summed E-state index contributed by atoms with van der Waals surface area (Å²) in [6.07, 6.45) is 6.16. The first-order valence-corrected chi connectivity index (χ1v) is 9.59. The number of hydrogen-bond acceptors (Lipinski definition) is 2. The van der Waals surface area contributed by atoms with Crippen molar-refractivity contribution in [2.45, 2.75) is 72.3 Å². The standard InChI is InChI=1S/C21H32N2O2/c1-5-6-7-8-9-17(4)22-21(25)18-13-20(24)23(14-18)19-11-15(2)10-16(3)12-19/h10-12,17-18H,5-9,13-14H2,1-4H3,(H,22,25). The molecule has 1 heterocycles. The number of carbonyl (C=O) groups excluding carboxylic acids is 2. The SMILES string of the molecule is CCCCCCC(C)NC(=O)C1CC(=O)N(c2cc(C)cc(C)c2)C1. The highest BCUT2D eigenvalue weighted by Gasteiger charge is 2.35. The Morgan fingerprint density at radius 3 is 2.52 bits per heavy atom. The predicted molar refractivity (Wildman–Crippen MR) is 103 cm³/mol. The van der Waals surface area contributed by atoms with Crippen LogP contribution in [-0.4, -0.2) is 24.4 Å². The summed E-state index contributed by atoms with van der Waals surface area (Å²) in [6, 6.07) is 6.30. The van der Waals surface area contributed by atoms with Gasteiger partial charge in [-0.1, -0.05) is 38.7 Å².